The molecule has 1 unspecified atom stereocenters. The van der Waals surface area contributed by atoms with Gasteiger partial charge in [0.15, 0.2) is 11.5 Å². The molecular weight excluding hydrogens is 286 g/mol. The van der Waals surface area contributed by atoms with Gasteiger partial charge >= 0.3 is 6.09 Å². The van der Waals surface area contributed by atoms with Crippen molar-refractivity contribution < 1.29 is 19.0 Å². The fraction of sp³-hybridized carbons (Fsp3) is 0.467. The topological polar surface area (TPSA) is 86.4 Å². The molecule has 0 saturated carbocycles. The largest absolute Gasteiger partial charge is 0.493 e. The van der Waals surface area contributed by atoms with E-state index >= 15 is 0 Å². The second-order valence-corrected chi connectivity index (χ2v) is 4.92. The number of amides is 1. The molecule has 1 aliphatic rings. The number of anilines is 1. The van der Waals surface area contributed by atoms with Gasteiger partial charge in [0.2, 0.25) is 0 Å². The maximum atomic E-state index is 12.3. The third kappa shape index (κ3) is 2.66. The molecule has 2 N–H and O–H groups in total. The number of benzene rings is 1. The van der Waals surface area contributed by atoms with Crippen molar-refractivity contribution in [1.82, 2.24) is 0 Å². The number of methoxy groups -OCH3 is 2. The highest BCUT2D eigenvalue weighted by molar-refractivity contribution is 6.11. The van der Waals surface area contributed by atoms with E-state index in [1.165, 1.54) is 0 Å². The molecule has 1 aliphatic heterocycles. The molecule has 7 nitrogen and oxygen atoms in total. The van der Waals surface area contributed by atoms with E-state index in [0.717, 1.165) is 5.56 Å². The second kappa shape index (κ2) is 6.55. The minimum absolute atomic E-state index is 0.119. The van der Waals surface area contributed by atoms with E-state index in [4.69, 9.17) is 20.1 Å². The van der Waals surface area contributed by atoms with Gasteiger partial charge < -0.3 is 20.1 Å². The van der Waals surface area contributed by atoms with Crippen molar-refractivity contribution in [3.8, 4) is 11.5 Å². The fourth-order valence-corrected chi connectivity index (χ4v) is 2.61. The number of carbonyl (C=O) groups excluding carboxylic acids is 1. The van der Waals surface area contributed by atoms with Crippen molar-refractivity contribution in [3.63, 3.8) is 0 Å². The third-order valence-corrected chi connectivity index (χ3v) is 3.62. The number of hydrogen-bond acceptors (Lipinski definition) is 6. The molecule has 0 bridgehead atoms. The van der Waals surface area contributed by atoms with E-state index in [2.05, 4.69) is 5.10 Å². The van der Waals surface area contributed by atoms with Crippen LogP contribution in [0.1, 0.15) is 25.8 Å². The Hall–Kier alpha value is -2.44. The van der Waals surface area contributed by atoms with Gasteiger partial charge in [0.1, 0.15) is 0 Å². The van der Waals surface area contributed by atoms with Crippen LogP contribution in [-0.4, -0.2) is 38.7 Å². The molecule has 2 rings (SSSR count). The highest BCUT2D eigenvalue weighted by Crippen LogP contribution is 2.40. The Morgan fingerprint density at radius 3 is 2.55 bits per heavy atom. The standard InChI is InChI=1S/C15H21N3O4/c1-5-22-15(19)18-9(2)6-11(17-16)10-7-13(20-3)14(21-4)8-12(10)18/h7-9H,5-6,16H2,1-4H3/b17-11-. The maximum absolute atomic E-state index is 12.3. The Bertz CT molecular complexity index is 601. The molecule has 120 valence electrons. The number of nitrogens with zero attached hydrogens (tertiary/aromatic N) is 2. The van der Waals surface area contributed by atoms with Crippen molar-refractivity contribution in [2.45, 2.75) is 26.3 Å². The summed E-state index contributed by atoms with van der Waals surface area (Å²) in [4.78, 5) is 13.9. The van der Waals surface area contributed by atoms with Crippen LogP contribution in [0.4, 0.5) is 10.5 Å². The highest BCUT2D eigenvalue weighted by Gasteiger charge is 2.34. The van der Waals surface area contributed by atoms with Crippen molar-refractivity contribution in [3.05, 3.63) is 17.7 Å². The maximum Gasteiger partial charge on any atom is 0.414 e. The zero-order valence-electron chi connectivity index (χ0n) is 13.3. The minimum Gasteiger partial charge on any atom is -0.493 e. The molecule has 0 aromatic heterocycles. The van der Waals surface area contributed by atoms with Gasteiger partial charge in [-0.1, -0.05) is 0 Å². The lowest BCUT2D eigenvalue weighted by Gasteiger charge is -2.35. The SMILES string of the molecule is CCOC(=O)N1c2cc(OC)c(OC)cc2/C(=N\N)CC1C. The Kier molecular flexibility index (Phi) is 4.75. The Balaban J connectivity index is 2.61. The Morgan fingerprint density at radius 2 is 2.00 bits per heavy atom. The summed E-state index contributed by atoms with van der Waals surface area (Å²) >= 11 is 0. The van der Waals surface area contributed by atoms with Crippen LogP contribution >= 0.6 is 0 Å². The first-order valence-electron chi connectivity index (χ1n) is 7.06. The molecule has 0 saturated heterocycles. The molecule has 0 aliphatic carbocycles. The van der Waals surface area contributed by atoms with Crippen LogP contribution in [-0.2, 0) is 4.74 Å². The summed E-state index contributed by atoms with van der Waals surface area (Å²) in [6.07, 6.45) is 0.136. The van der Waals surface area contributed by atoms with Gasteiger partial charge in [-0.3, -0.25) is 4.90 Å². The lowest BCUT2D eigenvalue weighted by Crippen LogP contribution is -2.44. The molecule has 1 amide bonds. The number of nitrogens with two attached hydrogens (primary N) is 1. The van der Waals surface area contributed by atoms with Crippen LogP contribution in [0.15, 0.2) is 17.2 Å². The number of ether oxygens (including phenoxy) is 3. The third-order valence-electron chi connectivity index (χ3n) is 3.62. The van der Waals surface area contributed by atoms with E-state index in [1.807, 2.05) is 6.92 Å². The molecule has 0 spiro atoms. The van der Waals surface area contributed by atoms with Crippen LogP contribution in [0, 0.1) is 0 Å². The monoisotopic (exact) mass is 307 g/mol. The van der Waals surface area contributed by atoms with Gasteiger partial charge in [0.05, 0.1) is 32.2 Å². The van der Waals surface area contributed by atoms with Crippen molar-refractivity contribution >= 4 is 17.5 Å². The highest BCUT2D eigenvalue weighted by atomic mass is 16.6. The predicted molar refractivity (Wildman–Crippen MR) is 83.9 cm³/mol. The summed E-state index contributed by atoms with van der Waals surface area (Å²) in [6, 6.07) is 3.40. The van der Waals surface area contributed by atoms with Gasteiger partial charge in [-0.2, -0.15) is 5.10 Å². The first-order chi connectivity index (χ1) is 10.6. The first-order valence-corrected chi connectivity index (χ1v) is 7.06. The predicted octanol–water partition coefficient (Wildman–Crippen LogP) is 2.12. The quantitative estimate of drug-likeness (QED) is 0.683. The fourth-order valence-electron chi connectivity index (χ4n) is 2.61. The first kappa shape index (κ1) is 15.9. The number of rotatable bonds is 3. The van der Waals surface area contributed by atoms with E-state index in [0.29, 0.717) is 35.9 Å². The van der Waals surface area contributed by atoms with Crippen molar-refractivity contribution in [2.24, 2.45) is 10.9 Å². The van der Waals surface area contributed by atoms with E-state index in [9.17, 15) is 4.79 Å². The van der Waals surface area contributed by atoms with E-state index < -0.39 is 6.09 Å². The summed E-state index contributed by atoms with van der Waals surface area (Å²) in [5.74, 6) is 6.59. The van der Waals surface area contributed by atoms with Gasteiger partial charge in [-0.25, -0.2) is 4.79 Å². The molecule has 22 heavy (non-hydrogen) atoms. The summed E-state index contributed by atoms with van der Waals surface area (Å²) in [5, 5.41) is 3.85. The molecule has 1 atom stereocenters. The number of hydrogen-bond donors (Lipinski definition) is 1. The average molecular weight is 307 g/mol. The van der Waals surface area contributed by atoms with Crippen molar-refractivity contribution in [1.29, 1.82) is 0 Å². The van der Waals surface area contributed by atoms with E-state index in [1.54, 1.807) is 38.2 Å². The van der Waals surface area contributed by atoms with Crippen LogP contribution in [0.5, 0.6) is 11.5 Å². The lowest BCUT2D eigenvalue weighted by atomic mass is 9.94. The molecule has 1 aromatic carbocycles. The Labute approximate surface area is 129 Å². The zero-order chi connectivity index (χ0) is 16.3. The summed E-state index contributed by atoms with van der Waals surface area (Å²) in [7, 11) is 3.10. The smallest absolute Gasteiger partial charge is 0.414 e. The molecule has 1 aromatic rings. The summed E-state index contributed by atoms with van der Waals surface area (Å²) in [6.45, 7) is 4.00. The minimum atomic E-state index is -0.403. The van der Waals surface area contributed by atoms with Gasteiger partial charge in [-0.15, -0.1) is 0 Å². The average Bonchev–Trinajstić information content (AvgIpc) is 2.52. The van der Waals surface area contributed by atoms with Crippen LogP contribution in [0.3, 0.4) is 0 Å². The van der Waals surface area contributed by atoms with Crippen molar-refractivity contribution in [2.75, 3.05) is 25.7 Å². The summed E-state index contributed by atoms with van der Waals surface area (Å²) in [5.41, 5.74) is 2.11. The van der Waals surface area contributed by atoms with Gasteiger partial charge in [-0.05, 0) is 19.9 Å². The Morgan fingerprint density at radius 1 is 1.36 bits per heavy atom. The number of hydrazone groups is 1. The van der Waals surface area contributed by atoms with Gasteiger partial charge in [0.25, 0.3) is 0 Å². The van der Waals surface area contributed by atoms with Crippen LogP contribution in [0.25, 0.3) is 0 Å². The number of carbonyl (C=O) groups is 1. The second-order valence-electron chi connectivity index (χ2n) is 4.92. The zero-order valence-corrected chi connectivity index (χ0v) is 13.3. The number of fused-ring (bicyclic) bond motifs is 1. The molecule has 0 fully saturated rings. The molecule has 7 heteroatoms. The normalized spacial score (nSPS) is 18.8. The molecule has 0 radical (unpaired) electrons. The van der Waals surface area contributed by atoms with E-state index in [-0.39, 0.29) is 6.04 Å². The van der Waals surface area contributed by atoms with Crippen LogP contribution in [0.2, 0.25) is 0 Å². The summed E-state index contributed by atoms with van der Waals surface area (Å²) < 4.78 is 15.8. The molecular formula is C15H21N3O4. The molecule has 1 heterocycles. The van der Waals surface area contributed by atoms with Gasteiger partial charge in [0, 0.05) is 24.1 Å². The lowest BCUT2D eigenvalue weighted by molar-refractivity contribution is 0.157. The van der Waals surface area contributed by atoms with Crippen LogP contribution < -0.4 is 20.2 Å².